The molecule has 0 saturated carbocycles. The number of benzene rings is 2. The molecule has 0 aliphatic heterocycles. The highest BCUT2D eigenvalue weighted by molar-refractivity contribution is 6.03. The first-order valence-electron chi connectivity index (χ1n) is 9.63. The number of aryl methyl sites for hydroxylation is 2. The van der Waals surface area contributed by atoms with Gasteiger partial charge in [-0.05, 0) is 60.7 Å². The summed E-state index contributed by atoms with van der Waals surface area (Å²) in [5.41, 5.74) is 2.87. The van der Waals surface area contributed by atoms with Crippen LogP contribution in [0.25, 0.3) is 0 Å². The Hall–Kier alpha value is -3.61. The van der Waals surface area contributed by atoms with Crippen LogP contribution in [-0.4, -0.2) is 10.8 Å². The summed E-state index contributed by atoms with van der Waals surface area (Å²) in [5.74, 6) is 1.06. The monoisotopic (exact) mass is 408 g/mol. The molecule has 3 aromatic rings. The highest BCUT2D eigenvalue weighted by atomic mass is 16.6. The highest BCUT2D eigenvalue weighted by Crippen LogP contribution is 2.29. The molecule has 7 nitrogen and oxygen atoms in total. The second-order valence-corrected chi connectivity index (χ2v) is 7.48. The van der Waals surface area contributed by atoms with E-state index in [4.69, 9.17) is 9.15 Å². The van der Waals surface area contributed by atoms with E-state index in [-0.39, 0.29) is 23.7 Å². The molecule has 0 spiro atoms. The third kappa shape index (κ3) is 4.86. The van der Waals surface area contributed by atoms with Crippen molar-refractivity contribution in [3.8, 4) is 5.75 Å². The van der Waals surface area contributed by atoms with Crippen molar-refractivity contribution in [2.24, 2.45) is 0 Å². The van der Waals surface area contributed by atoms with Crippen LogP contribution in [0.5, 0.6) is 5.75 Å². The number of nitrogens with zero attached hydrogens (tertiary/aromatic N) is 1. The van der Waals surface area contributed by atoms with E-state index in [1.54, 1.807) is 19.1 Å². The van der Waals surface area contributed by atoms with Crippen LogP contribution in [0, 0.1) is 24.0 Å². The van der Waals surface area contributed by atoms with Crippen molar-refractivity contribution in [2.75, 3.05) is 5.32 Å². The van der Waals surface area contributed by atoms with E-state index in [2.05, 4.69) is 19.2 Å². The Bertz CT molecular complexity index is 1080. The molecule has 2 aromatic carbocycles. The summed E-state index contributed by atoms with van der Waals surface area (Å²) >= 11 is 0. The Balaban J connectivity index is 1.71. The van der Waals surface area contributed by atoms with Crippen LogP contribution in [-0.2, 0) is 6.61 Å². The van der Waals surface area contributed by atoms with E-state index < -0.39 is 10.8 Å². The minimum absolute atomic E-state index is 0.0526. The van der Waals surface area contributed by atoms with E-state index in [1.165, 1.54) is 18.2 Å². The number of hydrogen-bond acceptors (Lipinski definition) is 5. The van der Waals surface area contributed by atoms with Gasteiger partial charge >= 0.3 is 0 Å². The number of amides is 1. The lowest BCUT2D eigenvalue weighted by Gasteiger charge is -2.14. The zero-order valence-electron chi connectivity index (χ0n) is 17.4. The molecular formula is C23H24N2O5. The number of nitro benzene ring substituents is 1. The van der Waals surface area contributed by atoms with Gasteiger partial charge in [0.05, 0.1) is 4.92 Å². The number of furan rings is 1. The summed E-state index contributed by atoms with van der Waals surface area (Å²) in [6.45, 7) is 8.10. The third-order valence-electron chi connectivity index (χ3n) is 4.64. The van der Waals surface area contributed by atoms with Gasteiger partial charge in [0.25, 0.3) is 11.6 Å². The number of nitrogens with one attached hydrogen (secondary N) is 1. The van der Waals surface area contributed by atoms with Gasteiger partial charge in [0, 0.05) is 6.07 Å². The molecule has 3 rings (SSSR count). The number of carbonyl (C=O) groups is 1. The van der Waals surface area contributed by atoms with Crippen molar-refractivity contribution in [3.63, 3.8) is 0 Å². The number of nitro groups is 1. The zero-order valence-corrected chi connectivity index (χ0v) is 17.4. The average Bonchev–Trinajstić information content (AvgIpc) is 3.16. The zero-order chi connectivity index (χ0) is 21.8. The van der Waals surface area contributed by atoms with Crippen LogP contribution >= 0.6 is 0 Å². The van der Waals surface area contributed by atoms with E-state index in [9.17, 15) is 14.9 Å². The fourth-order valence-corrected chi connectivity index (χ4v) is 3.05. The van der Waals surface area contributed by atoms with Crippen molar-refractivity contribution in [2.45, 2.75) is 40.2 Å². The molecule has 1 aromatic heterocycles. The maximum Gasteiger partial charge on any atom is 0.293 e. The van der Waals surface area contributed by atoms with Gasteiger partial charge in [0.1, 0.15) is 23.8 Å². The van der Waals surface area contributed by atoms with Gasteiger partial charge in [-0.25, -0.2) is 0 Å². The predicted molar refractivity (Wildman–Crippen MR) is 114 cm³/mol. The second-order valence-electron chi connectivity index (χ2n) is 7.48. The van der Waals surface area contributed by atoms with Gasteiger partial charge in [-0.3, -0.25) is 14.9 Å². The number of anilines is 1. The van der Waals surface area contributed by atoms with Crippen molar-refractivity contribution >= 4 is 17.3 Å². The minimum atomic E-state index is -0.563. The Morgan fingerprint density at radius 1 is 1.10 bits per heavy atom. The van der Waals surface area contributed by atoms with Crippen LogP contribution in [0.1, 0.15) is 52.8 Å². The number of carbonyl (C=O) groups excluding carboxylic acids is 1. The molecule has 1 amide bonds. The van der Waals surface area contributed by atoms with Crippen molar-refractivity contribution in [3.05, 3.63) is 86.9 Å². The third-order valence-corrected chi connectivity index (χ3v) is 4.64. The Morgan fingerprint density at radius 3 is 2.50 bits per heavy atom. The average molecular weight is 408 g/mol. The van der Waals surface area contributed by atoms with E-state index in [0.717, 1.165) is 22.4 Å². The second kappa shape index (κ2) is 8.82. The van der Waals surface area contributed by atoms with Gasteiger partial charge in [-0.15, -0.1) is 0 Å². The molecule has 7 heteroatoms. The van der Waals surface area contributed by atoms with Crippen LogP contribution in [0.3, 0.4) is 0 Å². The van der Waals surface area contributed by atoms with Gasteiger partial charge in [0.2, 0.25) is 0 Å². The van der Waals surface area contributed by atoms with Crippen LogP contribution in [0.4, 0.5) is 11.4 Å². The Labute approximate surface area is 174 Å². The van der Waals surface area contributed by atoms with Crippen molar-refractivity contribution in [1.82, 2.24) is 0 Å². The molecule has 0 atom stereocenters. The lowest BCUT2D eigenvalue weighted by molar-refractivity contribution is -0.384. The quantitative estimate of drug-likeness (QED) is 0.396. The SMILES string of the molecule is Cc1ccc(C(C)C)c(OCc2ccc(C(=O)Nc3ccc(C)cc3[N+](=O)[O-])o2)c1. The topological polar surface area (TPSA) is 94.6 Å². The summed E-state index contributed by atoms with van der Waals surface area (Å²) in [4.78, 5) is 23.2. The van der Waals surface area contributed by atoms with Gasteiger partial charge in [-0.2, -0.15) is 0 Å². The fourth-order valence-electron chi connectivity index (χ4n) is 3.05. The highest BCUT2D eigenvalue weighted by Gasteiger charge is 2.19. The Morgan fingerprint density at radius 2 is 1.80 bits per heavy atom. The van der Waals surface area contributed by atoms with E-state index in [1.807, 2.05) is 25.1 Å². The normalized spacial score (nSPS) is 10.8. The van der Waals surface area contributed by atoms with Crippen LogP contribution < -0.4 is 10.1 Å². The van der Waals surface area contributed by atoms with Gasteiger partial charge in [-0.1, -0.05) is 32.0 Å². The first-order valence-corrected chi connectivity index (χ1v) is 9.63. The lowest BCUT2D eigenvalue weighted by atomic mass is 10.0. The molecule has 1 heterocycles. The van der Waals surface area contributed by atoms with E-state index in [0.29, 0.717) is 11.7 Å². The molecule has 0 fully saturated rings. The fraction of sp³-hybridized carbons (Fsp3) is 0.261. The van der Waals surface area contributed by atoms with E-state index >= 15 is 0 Å². The molecule has 0 saturated heterocycles. The predicted octanol–water partition coefficient (Wildman–Crippen LogP) is 5.76. The summed E-state index contributed by atoms with van der Waals surface area (Å²) < 4.78 is 11.5. The Kier molecular flexibility index (Phi) is 6.20. The first kappa shape index (κ1) is 21.1. The van der Waals surface area contributed by atoms with Gasteiger partial charge in [0.15, 0.2) is 5.76 Å². The number of hydrogen-bond donors (Lipinski definition) is 1. The molecule has 0 bridgehead atoms. The molecule has 0 radical (unpaired) electrons. The maximum atomic E-state index is 12.5. The number of ether oxygens (including phenoxy) is 1. The number of rotatable bonds is 7. The van der Waals surface area contributed by atoms with Crippen LogP contribution in [0.15, 0.2) is 52.9 Å². The molecule has 1 N–H and O–H groups in total. The van der Waals surface area contributed by atoms with Crippen LogP contribution in [0.2, 0.25) is 0 Å². The lowest BCUT2D eigenvalue weighted by Crippen LogP contribution is -2.12. The van der Waals surface area contributed by atoms with Crippen molar-refractivity contribution < 1.29 is 18.9 Å². The molecule has 0 unspecified atom stereocenters. The summed E-state index contributed by atoms with van der Waals surface area (Å²) in [5, 5.41) is 13.8. The summed E-state index contributed by atoms with van der Waals surface area (Å²) in [7, 11) is 0. The molecule has 156 valence electrons. The molecule has 0 aliphatic carbocycles. The summed E-state index contributed by atoms with van der Waals surface area (Å²) in [6, 6.07) is 13.8. The largest absolute Gasteiger partial charge is 0.485 e. The molecule has 30 heavy (non-hydrogen) atoms. The first-order chi connectivity index (χ1) is 14.2. The standard InChI is InChI=1S/C23H24N2O5/c1-14(2)18-8-5-16(4)12-22(18)29-13-17-7-10-21(30-17)23(26)24-19-9-6-15(3)11-20(19)25(27)28/h5-12,14H,13H2,1-4H3,(H,24,26). The molecule has 0 aliphatic rings. The maximum absolute atomic E-state index is 12.5. The van der Waals surface area contributed by atoms with Gasteiger partial charge < -0.3 is 14.5 Å². The molecular weight excluding hydrogens is 384 g/mol. The smallest absolute Gasteiger partial charge is 0.293 e. The summed E-state index contributed by atoms with van der Waals surface area (Å²) in [6.07, 6.45) is 0. The van der Waals surface area contributed by atoms with Crippen molar-refractivity contribution in [1.29, 1.82) is 0 Å². The minimum Gasteiger partial charge on any atom is -0.485 e.